The molecular formula is C25H30N4. The molecule has 4 aromatic rings. The van der Waals surface area contributed by atoms with Crippen molar-refractivity contribution in [1.29, 1.82) is 0 Å². The molecule has 0 aliphatic heterocycles. The first kappa shape index (κ1) is 23.6. The molecule has 4 rings (SSSR count). The maximum absolute atomic E-state index is 4.04. The van der Waals surface area contributed by atoms with Crippen LogP contribution in [-0.2, 0) is 0 Å². The average molecular weight is 387 g/mol. The average Bonchev–Trinajstić information content (AvgIpc) is 2.71. The smallest absolute Gasteiger partial charge is 0.0375 e. The Bertz CT molecular complexity index is 789. The molecule has 0 aliphatic carbocycles. The first-order chi connectivity index (χ1) is 14.0. The number of aromatic nitrogens is 4. The van der Waals surface area contributed by atoms with Crippen molar-refractivity contribution in [3.8, 4) is 0 Å². The zero-order valence-electron chi connectivity index (χ0n) is 17.9. The summed E-state index contributed by atoms with van der Waals surface area (Å²) in [6, 6.07) is 17.8. The van der Waals surface area contributed by atoms with Crippen molar-refractivity contribution < 1.29 is 0 Å². The Labute approximate surface area is 174 Å². The Kier molecular flexibility index (Phi) is 11.9. The zero-order valence-corrected chi connectivity index (χ0v) is 17.9. The summed E-state index contributed by atoms with van der Waals surface area (Å²) in [7, 11) is 0. The van der Waals surface area contributed by atoms with Crippen molar-refractivity contribution in [3.63, 3.8) is 0 Å². The number of rotatable bonds is 0. The third kappa shape index (κ3) is 13.4. The first-order valence-electron chi connectivity index (χ1n) is 9.47. The first-order valence-corrected chi connectivity index (χ1v) is 9.47. The van der Waals surface area contributed by atoms with Crippen molar-refractivity contribution in [2.24, 2.45) is 0 Å². The summed E-state index contributed by atoms with van der Waals surface area (Å²) in [6.07, 6.45) is 10.8. The fourth-order valence-electron chi connectivity index (χ4n) is 2.01. The quantitative estimate of drug-likeness (QED) is 0.379. The van der Waals surface area contributed by atoms with Crippen LogP contribution in [0.2, 0.25) is 0 Å². The molecule has 0 unspecified atom stereocenters. The highest BCUT2D eigenvalue weighted by Gasteiger charge is 1.82. The van der Waals surface area contributed by atoms with E-state index in [-0.39, 0.29) is 0 Å². The summed E-state index contributed by atoms with van der Waals surface area (Å²) in [5, 5.41) is 0. The predicted molar refractivity (Wildman–Crippen MR) is 121 cm³/mol. The van der Waals surface area contributed by atoms with Crippen molar-refractivity contribution in [3.05, 3.63) is 120 Å². The van der Waals surface area contributed by atoms with Gasteiger partial charge >= 0.3 is 0 Å². The maximum Gasteiger partial charge on any atom is 0.0375 e. The Morgan fingerprint density at radius 1 is 0.483 bits per heavy atom. The van der Waals surface area contributed by atoms with Gasteiger partial charge in [0.2, 0.25) is 0 Å². The van der Waals surface area contributed by atoms with E-state index in [9.17, 15) is 0 Å². The normalized spacial score (nSPS) is 8.86. The van der Waals surface area contributed by atoms with Crippen molar-refractivity contribution in [2.45, 2.75) is 34.6 Å². The molecule has 0 aliphatic rings. The highest BCUT2D eigenvalue weighted by molar-refractivity contribution is 5.12. The summed E-state index contributed by atoms with van der Waals surface area (Å²) in [5.41, 5.74) is 5.91. The molecule has 0 saturated carbocycles. The molecular weight excluding hydrogens is 356 g/mol. The number of pyridine rings is 4. The van der Waals surface area contributed by atoms with Gasteiger partial charge in [0.1, 0.15) is 0 Å². The molecule has 0 aromatic carbocycles. The molecule has 4 heteroatoms. The Morgan fingerprint density at radius 3 is 1.48 bits per heavy atom. The fraction of sp³-hybridized carbons (Fsp3) is 0.200. The molecule has 0 fully saturated rings. The highest BCUT2D eigenvalue weighted by Crippen LogP contribution is 1.96. The standard InChI is InChI=1S/C7H9N.3C6H7N/c1-6-3-4-8-7(2)5-6;1-6-2-4-7-5-3-6;1-6-3-2-4-7-5-6;1-6-4-2-3-5-7-6/h3-5H,1-2H3;3*2-5H,1H3. The van der Waals surface area contributed by atoms with Crippen molar-refractivity contribution >= 4 is 0 Å². The molecule has 4 heterocycles. The predicted octanol–water partition coefficient (Wildman–Crippen LogP) is 5.87. The third-order valence-corrected chi connectivity index (χ3v) is 3.52. The minimum Gasteiger partial charge on any atom is -0.265 e. The molecule has 0 N–H and O–H groups in total. The van der Waals surface area contributed by atoms with Crippen LogP contribution in [0.3, 0.4) is 0 Å². The second-order valence-corrected chi connectivity index (χ2v) is 6.50. The second kappa shape index (κ2) is 14.6. The van der Waals surface area contributed by atoms with E-state index in [0.29, 0.717) is 0 Å². The van der Waals surface area contributed by atoms with Gasteiger partial charge in [0.05, 0.1) is 0 Å². The summed E-state index contributed by atoms with van der Waals surface area (Å²) in [6.45, 7) is 10.1. The van der Waals surface area contributed by atoms with Crippen molar-refractivity contribution in [1.82, 2.24) is 19.9 Å². The lowest BCUT2D eigenvalue weighted by atomic mass is 10.3. The lowest BCUT2D eigenvalue weighted by molar-refractivity contribution is 1.18. The topological polar surface area (TPSA) is 51.6 Å². The highest BCUT2D eigenvalue weighted by atomic mass is 14.6. The third-order valence-electron chi connectivity index (χ3n) is 3.52. The second-order valence-electron chi connectivity index (χ2n) is 6.50. The molecule has 29 heavy (non-hydrogen) atoms. The summed E-state index contributed by atoms with van der Waals surface area (Å²) >= 11 is 0. The molecule has 0 radical (unpaired) electrons. The Balaban J connectivity index is 0.000000194. The Morgan fingerprint density at radius 2 is 1.17 bits per heavy atom. The van der Waals surface area contributed by atoms with Gasteiger partial charge in [-0.25, -0.2) is 0 Å². The number of nitrogens with zero attached hydrogens (tertiary/aromatic N) is 4. The van der Waals surface area contributed by atoms with E-state index in [4.69, 9.17) is 0 Å². The van der Waals surface area contributed by atoms with E-state index < -0.39 is 0 Å². The summed E-state index contributed by atoms with van der Waals surface area (Å²) < 4.78 is 0. The molecule has 4 nitrogen and oxygen atoms in total. The monoisotopic (exact) mass is 386 g/mol. The zero-order chi connectivity index (χ0) is 21.3. The van der Waals surface area contributed by atoms with Crippen LogP contribution < -0.4 is 0 Å². The van der Waals surface area contributed by atoms with Gasteiger partial charge < -0.3 is 0 Å². The minimum absolute atomic E-state index is 1.07. The van der Waals surface area contributed by atoms with Crippen LogP contribution >= 0.6 is 0 Å². The largest absolute Gasteiger partial charge is 0.265 e. The molecule has 0 saturated heterocycles. The van der Waals surface area contributed by atoms with Gasteiger partial charge in [-0.1, -0.05) is 12.1 Å². The van der Waals surface area contributed by atoms with Crippen LogP contribution in [0.4, 0.5) is 0 Å². The van der Waals surface area contributed by atoms with E-state index in [1.54, 1.807) is 24.8 Å². The fourth-order valence-corrected chi connectivity index (χ4v) is 2.01. The van der Waals surface area contributed by atoms with Crippen LogP contribution in [0.5, 0.6) is 0 Å². The molecule has 0 bridgehead atoms. The van der Waals surface area contributed by atoms with Gasteiger partial charge in [-0.3, -0.25) is 19.9 Å². The maximum atomic E-state index is 4.04. The van der Waals surface area contributed by atoms with Crippen LogP contribution in [0, 0.1) is 34.6 Å². The van der Waals surface area contributed by atoms with Gasteiger partial charge in [0.25, 0.3) is 0 Å². The van der Waals surface area contributed by atoms with Crippen LogP contribution in [0.15, 0.2) is 91.8 Å². The van der Waals surface area contributed by atoms with Crippen LogP contribution in [0.1, 0.15) is 28.1 Å². The van der Waals surface area contributed by atoms with Gasteiger partial charge in [0, 0.05) is 48.6 Å². The van der Waals surface area contributed by atoms with E-state index >= 15 is 0 Å². The Hall–Kier alpha value is -3.40. The summed E-state index contributed by atoms with van der Waals surface area (Å²) in [5.74, 6) is 0. The molecule has 0 amide bonds. The number of hydrogen-bond acceptors (Lipinski definition) is 4. The molecule has 150 valence electrons. The minimum atomic E-state index is 1.07. The van der Waals surface area contributed by atoms with E-state index in [1.165, 1.54) is 16.7 Å². The number of hydrogen-bond donors (Lipinski definition) is 0. The molecule has 4 aromatic heterocycles. The number of aryl methyl sites for hydroxylation is 5. The molecule has 0 atom stereocenters. The van der Waals surface area contributed by atoms with Gasteiger partial charge in [-0.15, -0.1) is 0 Å². The van der Waals surface area contributed by atoms with Gasteiger partial charge in [-0.05, 0) is 93.8 Å². The summed E-state index contributed by atoms with van der Waals surface area (Å²) in [4.78, 5) is 15.7. The lowest BCUT2D eigenvalue weighted by Crippen LogP contribution is -1.78. The van der Waals surface area contributed by atoms with Crippen LogP contribution in [-0.4, -0.2) is 19.9 Å². The van der Waals surface area contributed by atoms with Crippen molar-refractivity contribution in [2.75, 3.05) is 0 Å². The lowest BCUT2D eigenvalue weighted by Gasteiger charge is -1.90. The van der Waals surface area contributed by atoms with E-state index in [2.05, 4.69) is 32.9 Å². The van der Waals surface area contributed by atoms with E-state index in [0.717, 1.165) is 11.4 Å². The van der Waals surface area contributed by atoms with Crippen LogP contribution in [0.25, 0.3) is 0 Å². The molecule has 0 spiro atoms. The SMILES string of the molecule is Cc1ccccn1.Cc1cccnc1.Cc1ccnc(C)c1.Cc1ccncc1. The van der Waals surface area contributed by atoms with Gasteiger partial charge in [-0.2, -0.15) is 0 Å². The van der Waals surface area contributed by atoms with E-state index in [1.807, 2.05) is 88.6 Å². The van der Waals surface area contributed by atoms with Gasteiger partial charge in [0.15, 0.2) is 0 Å².